The second-order valence-electron chi connectivity index (χ2n) is 11.0. The Balaban J connectivity index is 0.000000174. The summed E-state index contributed by atoms with van der Waals surface area (Å²) in [5, 5.41) is 4.18. The zero-order valence-electron chi connectivity index (χ0n) is 24.4. The molecule has 1 aromatic heterocycles. The second kappa shape index (κ2) is 13.0. The van der Waals surface area contributed by atoms with E-state index in [1.807, 2.05) is 36.5 Å². The van der Waals surface area contributed by atoms with Gasteiger partial charge in [-0.3, -0.25) is 0 Å². The number of ether oxygens (including phenoxy) is 1. The van der Waals surface area contributed by atoms with Crippen LogP contribution in [0, 0.1) is 13.8 Å². The molecule has 6 aromatic rings. The zero-order chi connectivity index (χ0) is 29.1. The molecule has 0 amide bonds. The summed E-state index contributed by atoms with van der Waals surface area (Å²) >= 11 is 0. The first kappa shape index (κ1) is 30.3. The molecule has 0 spiro atoms. The molecule has 0 atom stereocenters. The van der Waals surface area contributed by atoms with Crippen LogP contribution in [0.3, 0.4) is 0 Å². The minimum Gasteiger partial charge on any atom is -0.663 e. The van der Waals surface area contributed by atoms with E-state index >= 15 is 0 Å². The predicted octanol–water partition coefficient (Wildman–Crippen LogP) is 8.28. The van der Waals surface area contributed by atoms with Crippen molar-refractivity contribution in [1.82, 2.24) is 4.98 Å². The first-order valence-corrected chi connectivity index (χ1v) is 15.7. The van der Waals surface area contributed by atoms with E-state index in [1.165, 1.54) is 32.6 Å². The van der Waals surface area contributed by atoms with Gasteiger partial charge < -0.3 is 9.72 Å². The SMILES string of the molecule is [CH2-]c1cccc2c1Oc1c([CH2-])cccc1C2(C)C.[Cu].c1ccc([PH+](c2ccccc2)c2ccccc2-c2ccc[n-]2)cc1. The zero-order valence-corrected chi connectivity index (χ0v) is 26.3. The van der Waals surface area contributed by atoms with Gasteiger partial charge in [0, 0.05) is 34.1 Å². The van der Waals surface area contributed by atoms with Gasteiger partial charge in [0.05, 0.1) is 7.92 Å². The van der Waals surface area contributed by atoms with Gasteiger partial charge in [-0.15, -0.1) is 17.8 Å². The normalized spacial score (nSPS) is 12.5. The molecule has 219 valence electrons. The molecule has 0 N–H and O–H groups in total. The van der Waals surface area contributed by atoms with Crippen LogP contribution in [0.4, 0.5) is 0 Å². The molecule has 1 aliphatic rings. The number of fused-ring (bicyclic) bond motifs is 2. The quantitative estimate of drug-likeness (QED) is 0.112. The number of aromatic nitrogens is 1. The standard InChI is InChI=1S/C22H17NP.C17H16O.Cu/c1-3-10-18(11-4-1)24(19-12-5-2-6-13-19)22-16-8-7-14-20(22)21-15-9-17-23-21;1-11-7-5-9-13-15(11)18-16-12(2)8-6-10-14(16)17(13,3)4;/h1-17H;5-10H,1-2H2,3-4H3;/q-1;-2;/p+1. The minimum absolute atomic E-state index is 0. The molecule has 2 nitrogen and oxygen atoms in total. The maximum atomic E-state index is 6.05. The van der Waals surface area contributed by atoms with E-state index in [0.717, 1.165) is 28.3 Å². The molecule has 7 rings (SSSR count). The summed E-state index contributed by atoms with van der Waals surface area (Å²) in [4.78, 5) is 4.53. The average Bonchev–Trinajstić information content (AvgIpc) is 3.56. The van der Waals surface area contributed by atoms with Gasteiger partial charge in [0.15, 0.2) is 0 Å². The Hall–Kier alpha value is -4.13. The van der Waals surface area contributed by atoms with Crippen molar-refractivity contribution in [2.45, 2.75) is 19.3 Å². The fourth-order valence-corrected chi connectivity index (χ4v) is 8.46. The molecule has 5 aromatic carbocycles. The van der Waals surface area contributed by atoms with E-state index < -0.39 is 7.92 Å². The van der Waals surface area contributed by atoms with E-state index in [4.69, 9.17) is 4.74 Å². The van der Waals surface area contributed by atoms with Crippen LogP contribution in [0.2, 0.25) is 0 Å². The monoisotopic (exact) mass is 626 g/mol. The molecular weight excluding hydrogens is 593 g/mol. The summed E-state index contributed by atoms with van der Waals surface area (Å²) in [6.07, 6.45) is 1.86. The van der Waals surface area contributed by atoms with Gasteiger partial charge in [-0.05, 0) is 35.7 Å². The van der Waals surface area contributed by atoms with Crippen molar-refractivity contribution in [3.63, 3.8) is 0 Å². The molecule has 43 heavy (non-hydrogen) atoms. The smallest absolute Gasteiger partial charge is 0.108 e. The molecule has 2 heterocycles. The number of para-hydroxylation sites is 2. The average molecular weight is 627 g/mol. The van der Waals surface area contributed by atoms with E-state index in [1.54, 1.807) is 0 Å². The fraction of sp³-hybridized carbons (Fsp3) is 0.0769. The summed E-state index contributed by atoms with van der Waals surface area (Å²) in [5.74, 6) is 1.76. The van der Waals surface area contributed by atoms with Crippen LogP contribution in [-0.2, 0) is 22.5 Å². The Morgan fingerprint density at radius 2 is 1.09 bits per heavy atom. The van der Waals surface area contributed by atoms with Crippen molar-refractivity contribution >= 4 is 23.8 Å². The summed E-state index contributed by atoms with van der Waals surface area (Å²) in [6.45, 7) is 12.5. The van der Waals surface area contributed by atoms with Crippen LogP contribution in [-0.4, -0.2) is 0 Å². The number of rotatable bonds is 4. The molecule has 0 aliphatic carbocycles. The molecule has 4 heteroatoms. The van der Waals surface area contributed by atoms with Crippen LogP contribution in [0.25, 0.3) is 11.3 Å². The van der Waals surface area contributed by atoms with E-state index in [-0.39, 0.29) is 22.5 Å². The van der Waals surface area contributed by atoms with Crippen LogP contribution in [0.1, 0.15) is 36.1 Å². The van der Waals surface area contributed by atoms with Crippen LogP contribution < -0.4 is 25.6 Å². The van der Waals surface area contributed by atoms with E-state index in [9.17, 15) is 0 Å². The summed E-state index contributed by atoms with van der Waals surface area (Å²) < 4.78 is 6.05. The Morgan fingerprint density at radius 1 is 0.581 bits per heavy atom. The number of benzene rings is 5. The predicted molar refractivity (Wildman–Crippen MR) is 179 cm³/mol. The molecular formula is C39H34CuNOP-2. The van der Waals surface area contributed by atoms with Crippen molar-refractivity contribution in [2.75, 3.05) is 0 Å². The Bertz CT molecular complexity index is 1700. The number of nitrogens with zero attached hydrogens (tertiary/aromatic N) is 1. The summed E-state index contributed by atoms with van der Waals surface area (Å²) in [7, 11) is -1.07. The van der Waals surface area contributed by atoms with Gasteiger partial charge in [0.1, 0.15) is 15.9 Å². The van der Waals surface area contributed by atoms with Crippen molar-refractivity contribution in [3.8, 4) is 22.8 Å². The van der Waals surface area contributed by atoms with Gasteiger partial charge in [-0.25, -0.2) is 0 Å². The third kappa shape index (κ3) is 6.03. The first-order valence-electron chi connectivity index (χ1n) is 14.2. The van der Waals surface area contributed by atoms with E-state index in [2.05, 4.69) is 136 Å². The maximum Gasteiger partial charge on any atom is 0.108 e. The third-order valence-corrected chi connectivity index (χ3v) is 10.7. The molecule has 0 unspecified atom stereocenters. The van der Waals surface area contributed by atoms with Gasteiger partial charge in [-0.2, -0.15) is 43.3 Å². The van der Waals surface area contributed by atoms with Gasteiger partial charge >= 0.3 is 0 Å². The molecule has 0 saturated heterocycles. The molecule has 1 aliphatic heterocycles. The first-order chi connectivity index (χ1) is 20.4. The van der Waals surface area contributed by atoms with Crippen LogP contribution >= 0.6 is 7.92 Å². The van der Waals surface area contributed by atoms with Gasteiger partial charge in [-0.1, -0.05) is 104 Å². The fourth-order valence-electron chi connectivity index (χ4n) is 5.71. The summed E-state index contributed by atoms with van der Waals surface area (Å²) in [5.41, 5.74) is 6.44. The molecule has 0 bridgehead atoms. The summed E-state index contributed by atoms with van der Waals surface area (Å²) in [6, 6.07) is 46.7. The van der Waals surface area contributed by atoms with Gasteiger partial charge in [0.25, 0.3) is 0 Å². The third-order valence-electron chi connectivity index (χ3n) is 7.90. The number of hydrogen-bond donors (Lipinski definition) is 0. The number of hydrogen-bond acceptors (Lipinski definition) is 1. The van der Waals surface area contributed by atoms with Crippen molar-refractivity contribution in [3.05, 3.63) is 176 Å². The van der Waals surface area contributed by atoms with E-state index in [0.29, 0.717) is 0 Å². The van der Waals surface area contributed by atoms with Crippen molar-refractivity contribution in [1.29, 1.82) is 0 Å². The molecule has 0 fully saturated rings. The maximum absolute atomic E-state index is 6.05. The van der Waals surface area contributed by atoms with Gasteiger partial charge in [0.2, 0.25) is 0 Å². The van der Waals surface area contributed by atoms with Crippen LogP contribution in [0.15, 0.2) is 140 Å². The van der Waals surface area contributed by atoms with Crippen LogP contribution in [0.5, 0.6) is 11.5 Å². The Morgan fingerprint density at radius 3 is 1.60 bits per heavy atom. The van der Waals surface area contributed by atoms with Crippen molar-refractivity contribution in [2.24, 2.45) is 0 Å². The largest absolute Gasteiger partial charge is 0.663 e. The minimum atomic E-state index is -1.07. The molecule has 1 radical (unpaired) electrons. The second-order valence-corrected chi connectivity index (χ2v) is 13.4. The Labute approximate surface area is 267 Å². The Kier molecular flexibility index (Phi) is 9.19. The van der Waals surface area contributed by atoms with Crippen molar-refractivity contribution < 1.29 is 21.8 Å². The topological polar surface area (TPSA) is 23.3 Å². The molecule has 0 saturated carbocycles.